The van der Waals surface area contributed by atoms with E-state index in [1.54, 1.807) is 21.2 Å². The fourth-order valence-electron chi connectivity index (χ4n) is 1.37. The van der Waals surface area contributed by atoms with Crippen LogP contribution in [0.2, 0.25) is 0 Å². The second kappa shape index (κ2) is 3.41. The molecule has 0 radical (unpaired) electrons. The SMILES string of the molecule is COC1(C(=O)N(C)C)CCOC1. The van der Waals surface area contributed by atoms with Crippen LogP contribution in [-0.2, 0) is 14.3 Å². The van der Waals surface area contributed by atoms with Crippen LogP contribution in [0.4, 0.5) is 0 Å². The smallest absolute Gasteiger partial charge is 0.256 e. The van der Waals surface area contributed by atoms with Crippen molar-refractivity contribution in [1.82, 2.24) is 4.90 Å². The summed E-state index contributed by atoms with van der Waals surface area (Å²) >= 11 is 0. The molecule has 0 bridgehead atoms. The number of carbonyl (C=O) groups is 1. The van der Waals surface area contributed by atoms with Crippen LogP contribution in [0.25, 0.3) is 0 Å². The van der Waals surface area contributed by atoms with Gasteiger partial charge in [0, 0.05) is 27.6 Å². The molecule has 1 aliphatic heterocycles. The molecule has 0 aromatic heterocycles. The van der Waals surface area contributed by atoms with Crippen molar-refractivity contribution >= 4 is 5.91 Å². The lowest BCUT2D eigenvalue weighted by atomic mass is 10.0. The van der Waals surface area contributed by atoms with Crippen LogP contribution in [0.3, 0.4) is 0 Å². The summed E-state index contributed by atoms with van der Waals surface area (Å²) in [7, 11) is 5.00. The van der Waals surface area contributed by atoms with Gasteiger partial charge in [0.1, 0.15) is 0 Å². The third-order valence-corrected chi connectivity index (χ3v) is 2.17. The van der Waals surface area contributed by atoms with Crippen molar-refractivity contribution in [2.45, 2.75) is 12.0 Å². The zero-order valence-corrected chi connectivity index (χ0v) is 7.79. The fourth-order valence-corrected chi connectivity index (χ4v) is 1.37. The minimum atomic E-state index is -0.719. The highest BCUT2D eigenvalue weighted by atomic mass is 16.6. The Hall–Kier alpha value is -0.610. The van der Waals surface area contributed by atoms with Gasteiger partial charge in [-0.2, -0.15) is 0 Å². The van der Waals surface area contributed by atoms with E-state index in [1.165, 1.54) is 4.90 Å². The lowest BCUT2D eigenvalue weighted by Crippen LogP contribution is -2.48. The summed E-state index contributed by atoms with van der Waals surface area (Å²) in [6.07, 6.45) is 0.653. The summed E-state index contributed by atoms with van der Waals surface area (Å²) in [5, 5.41) is 0. The fraction of sp³-hybridized carbons (Fsp3) is 0.875. The first-order valence-corrected chi connectivity index (χ1v) is 3.97. The average Bonchev–Trinajstić information content (AvgIpc) is 2.52. The molecule has 1 atom stereocenters. The molecular formula is C8H15NO3. The normalized spacial score (nSPS) is 28.9. The predicted octanol–water partition coefficient (Wildman–Crippen LogP) is -0.120. The molecule has 0 aromatic carbocycles. The van der Waals surface area contributed by atoms with Crippen molar-refractivity contribution in [3.63, 3.8) is 0 Å². The molecule has 70 valence electrons. The number of methoxy groups -OCH3 is 1. The Morgan fingerprint density at radius 3 is 2.58 bits per heavy atom. The van der Waals surface area contributed by atoms with E-state index in [1.807, 2.05) is 0 Å². The van der Waals surface area contributed by atoms with Gasteiger partial charge in [0.05, 0.1) is 13.2 Å². The number of rotatable bonds is 2. The van der Waals surface area contributed by atoms with Crippen LogP contribution in [0.15, 0.2) is 0 Å². The first-order valence-electron chi connectivity index (χ1n) is 3.97. The zero-order chi connectivity index (χ0) is 9.19. The highest BCUT2D eigenvalue weighted by molar-refractivity contribution is 5.85. The van der Waals surface area contributed by atoms with Gasteiger partial charge in [-0.25, -0.2) is 0 Å². The lowest BCUT2D eigenvalue weighted by molar-refractivity contribution is -0.152. The van der Waals surface area contributed by atoms with Crippen molar-refractivity contribution in [2.75, 3.05) is 34.4 Å². The summed E-state index contributed by atoms with van der Waals surface area (Å²) in [5.41, 5.74) is -0.719. The Morgan fingerprint density at radius 1 is 1.58 bits per heavy atom. The molecule has 0 aromatic rings. The molecule has 4 heteroatoms. The molecule has 0 aliphatic carbocycles. The monoisotopic (exact) mass is 173 g/mol. The molecule has 1 unspecified atom stereocenters. The van der Waals surface area contributed by atoms with E-state index in [0.29, 0.717) is 19.6 Å². The molecule has 0 spiro atoms. The first-order chi connectivity index (χ1) is 5.62. The largest absolute Gasteiger partial charge is 0.378 e. The molecule has 0 saturated carbocycles. The highest BCUT2D eigenvalue weighted by Gasteiger charge is 2.43. The van der Waals surface area contributed by atoms with Gasteiger partial charge in [-0.1, -0.05) is 0 Å². The molecule has 12 heavy (non-hydrogen) atoms. The standard InChI is InChI=1S/C8H15NO3/c1-9(2)7(10)8(11-3)4-5-12-6-8/h4-6H2,1-3H3. The molecule has 0 N–H and O–H groups in total. The number of hydrogen-bond donors (Lipinski definition) is 0. The molecule has 1 amide bonds. The molecule has 1 saturated heterocycles. The zero-order valence-electron chi connectivity index (χ0n) is 7.79. The van der Waals surface area contributed by atoms with Crippen LogP contribution in [0.5, 0.6) is 0 Å². The van der Waals surface area contributed by atoms with E-state index < -0.39 is 5.60 Å². The Morgan fingerprint density at radius 2 is 2.25 bits per heavy atom. The van der Waals surface area contributed by atoms with Crippen molar-refractivity contribution in [3.05, 3.63) is 0 Å². The van der Waals surface area contributed by atoms with Gasteiger partial charge in [-0.05, 0) is 0 Å². The number of nitrogens with zero attached hydrogens (tertiary/aromatic N) is 1. The van der Waals surface area contributed by atoms with Crippen LogP contribution in [-0.4, -0.2) is 50.8 Å². The third-order valence-electron chi connectivity index (χ3n) is 2.17. The third kappa shape index (κ3) is 1.44. The van der Waals surface area contributed by atoms with Crippen molar-refractivity contribution < 1.29 is 14.3 Å². The van der Waals surface area contributed by atoms with Gasteiger partial charge in [-0.3, -0.25) is 4.79 Å². The quantitative estimate of drug-likeness (QED) is 0.584. The molecule has 1 rings (SSSR count). The Balaban J connectivity index is 2.72. The van der Waals surface area contributed by atoms with E-state index in [9.17, 15) is 4.79 Å². The van der Waals surface area contributed by atoms with Crippen molar-refractivity contribution in [3.8, 4) is 0 Å². The van der Waals surface area contributed by atoms with Crippen LogP contribution in [0.1, 0.15) is 6.42 Å². The molecule has 1 fully saturated rings. The Labute approximate surface area is 72.4 Å². The van der Waals surface area contributed by atoms with Gasteiger partial charge in [0.15, 0.2) is 5.60 Å². The summed E-state index contributed by atoms with van der Waals surface area (Å²) < 4.78 is 10.4. The number of likely N-dealkylation sites (N-methyl/N-ethyl adjacent to an activating group) is 1. The number of carbonyl (C=O) groups excluding carboxylic acids is 1. The minimum absolute atomic E-state index is 0.0116. The molecule has 4 nitrogen and oxygen atoms in total. The second-order valence-electron chi connectivity index (χ2n) is 3.20. The summed E-state index contributed by atoms with van der Waals surface area (Å²) in [6.45, 7) is 0.980. The summed E-state index contributed by atoms with van der Waals surface area (Å²) in [5.74, 6) is -0.0116. The van der Waals surface area contributed by atoms with Crippen molar-refractivity contribution in [2.24, 2.45) is 0 Å². The average molecular weight is 173 g/mol. The summed E-state index contributed by atoms with van der Waals surface area (Å²) in [4.78, 5) is 13.2. The minimum Gasteiger partial charge on any atom is -0.378 e. The topological polar surface area (TPSA) is 38.8 Å². The Bertz CT molecular complexity index is 173. The maximum absolute atomic E-state index is 11.6. The van der Waals surface area contributed by atoms with Crippen LogP contribution in [0, 0.1) is 0 Å². The summed E-state index contributed by atoms with van der Waals surface area (Å²) in [6, 6.07) is 0. The van der Waals surface area contributed by atoms with E-state index in [4.69, 9.17) is 9.47 Å². The van der Waals surface area contributed by atoms with Gasteiger partial charge in [0.25, 0.3) is 5.91 Å². The number of ether oxygens (including phenoxy) is 2. The van der Waals surface area contributed by atoms with Gasteiger partial charge < -0.3 is 14.4 Å². The highest BCUT2D eigenvalue weighted by Crippen LogP contribution is 2.23. The van der Waals surface area contributed by atoms with Crippen LogP contribution >= 0.6 is 0 Å². The maximum Gasteiger partial charge on any atom is 0.256 e. The molecule has 1 aliphatic rings. The van der Waals surface area contributed by atoms with Gasteiger partial charge >= 0.3 is 0 Å². The Kier molecular flexibility index (Phi) is 2.69. The molecular weight excluding hydrogens is 158 g/mol. The van der Waals surface area contributed by atoms with E-state index in [0.717, 1.165) is 0 Å². The van der Waals surface area contributed by atoms with Crippen LogP contribution < -0.4 is 0 Å². The predicted molar refractivity (Wildman–Crippen MR) is 43.9 cm³/mol. The van der Waals surface area contributed by atoms with E-state index >= 15 is 0 Å². The number of amides is 1. The van der Waals surface area contributed by atoms with Gasteiger partial charge in [-0.15, -0.1) is 0 Å². The van der Waals surface area contributed by atoms with E-state index in [2.05, 4.69) is 0 Å². The molecule has 1 heterocycles. The number of hydrogen-bond acceptors (Lipinski definition) is 3. The van der Waals surface area contributed by atoms with E-state index in [-0.39, 0.29) is 5.91 Å². The lowest BCUT2D eigenvalue weighted by Gasteiger charge is -2.27. The van der Waals surface area contributed by atoms with Crippen molar-refractivity contribution in [1.29, 1.82) is 0 Å². The van der Waals surface area contributed by atoms with Gasteiger partial charge in [0.2, 0.25) is 0 Å². The second-order valence-corrected chi connectivity index (χ2v) is 3.20. The maximum atomic E-state index is 11.6. The first kappa shape index (κ1) is 9.48.